The van der Waals surface area contributed by atoms with E-state index < -0.39 is 5.60 Å². The molecular formula is C18H26N2O3. The van der Waals surface area contributed by atoms with Crippen molar-refractivity contribution in [3.8, 4) is 0 Å². The predicted octanol–water partition coefficient (Wildman–Crippen LogP) is 2.94. The molecule has 0 saturated carbocycles. The summed E-state index contributed by atoms with van der Waals surface area (Å²) in [4.78, 5) is 26.0. The van der Waals surface area contributed by atoms with E-state index in [-0.39, 0.29) is 18.0 Å². The topological polar surface area (TPSA) is 58.6 Å². The highest BCUT2D eigenvalue weighted by Crippen LogP contribution is 2.16. The first-order valence-corrected chi connectivity index (χ1v) is 8.17. The molecule has 5 nitrogen and oxygen atoms in total. The van der Waals surface area contributed by atoms with Crippen molar-refractivity contribution in [2.45, 2.75) is 51.7 Å². The van der Waals surface area contributed by atoms with Crippen LogP contribution in [0.3, 0.4) is 0 Å². The molecule has 126 valence electrons. The van der Waals surface area contributed by atoms with Crippen LogP contribution in [0.15, 0.2) is 36.0 Å². The maximum absolute atomic E-state index is 12.3. The summed E-state index contributed by atoms with van der Waals surface area (Å²) in [5.41, 5.74) is 0.196. The minimum atomic E-state index is -0.478. The van der Waals surface area contributed by atoms with E-state index in [9.17, 15) is 9.59 Å². The molecule has 1 fully saturated rings. The molecule has 1 N–H and O–H groups in total. The minimum absolute atomic E-state index is 0.0523. The lowest BCUT2D eigenvalue weighted by molar-refractivity contribution is -0.118. The zero-order chi connectivity index (χ0) is 16.9. The van der Waals surface area contributed by atoms with Crippen LogP contribution in [0.5, 0.6) is 0 Å². The highest BCUT2D eigenvalue weighted by atomic mass is 16.6. The van der Waals surface area contributed by atoms with Gasteiger partial charge in [0.15, 0.2) is 0 Å². The Morgan fingerprint density at radius 1 is 1.22 bits per heavy atom. The van der Waals surface area contributed by atoms with Gasteiger partial charge in [0.2, 0.25) is 0 Å². The van der Waals surface area contributed by atoms with Gasteiger partial charge in [-0.2, -0.15) is 0 Å². The predicted molar refractivity (Wildman–Crippen MR) is 90.0 cm³/mol. The molecule has 1 aliphatic heterocycles. The summed E-state index contributed by atoms with van der Waals surface area (Å²) in [6, 6.07) is 0.0997. The number of ether oxygens (including phenoxy) is 1. The lowest BCUT2D eigenvalue weighted by Crippen LogP contribution is -2.48. The van der Waals surface area contributed by atoms with Gasteiger partial charge in [-0.1, -0.05) is 24.3 Å². The first-order valence-electron chi connectivity index (χ1n) is 8.17. The van der Waals surface area contributed by atoms with Crippen LogP contribution in [0.2, 0.25) is 0 Å². The molecule has 0 aromatic heterocycles. The van der Waals surface area contributed by atoms with Crippen molar-refractivity contribution in [1.82, 2.24) is 10.2 Å². The van der Waals surface area contributed by atoms with Gasteiger partial charge >= 0.3 is 6.09 Å². The summed E-state index contributed by atoms with van der Waals surface area (Å²) in [5, 5.41) is 3.05. The van der Waals surface area contributed by atoms with Gasteiger partial charge in [-0.15, -0.1) is 0 Å². The van der Waals surface area contributed by atoms with Gasteiger partial charge in [-0.3, -0.25) is 4.79 Å². The van der Waals surface area contributed by atoms with E-state index in [1.54, 1.807) is 4.90 Å². The summed E-state index contributed by atoms with van der Waals surface area (Å²) in [6.07, 6.45) is 11.6. The Bertz CT molecular complexity index is 533. The fraction of sp³-hybridized carbons (Fsp3) is 0.556. The summed E-state index contributed by atoms with van der Waals surface area (Å²) in [5.74, 6) is -0.0523. The Balaban J connectivity index is 1.80. The van der Waals surface area contributed by atoms with Gasteiger partial charge in [-0.05, 0) is 46.1 Å². The first kappa shape index (κ1) is 17.3. The molecule has 0 atom stereocenters. The number of carbonyl (C=O) groups is 2. The van der Waals surface area contributed by atoms with Crippen LogP contribution >= 0.6 is 0 Å². The van der Waals surface area contributed by atoms with E-state index in [4.69, 9.17) is 4.74 Å². The zero-order valence-electron chi connectivity index (χ0n) is 14.2. The molecule has 1 heterocycles. The fourth-order valence-corrected chi connectivity index (χ4v) is 2.53. The SMILES string of the molecule is CC(C)(C)OC(=O)N1CCC(NC(=O)C2=CC=CCC=C2)CC1. The molecule has 1 saturated heterocycles. The number of nitrogens with one attached hydrogen (secondary N) is 1. The molecular weight excluding hydrogens is 292 g/mol. The molecule has 0 aromatic carbocycles. The minimum Gasteiger partial charge on any atom is -0.444 e. The smallest absolute Gasteiger partial charge is 0.410 e. The quantitative estimate of drug-likeness (QED) is 0.851. The standard InChI is InChI=1S/C18H26N2O3/c1-18(2,3)23-17(22)20-12-10-15(11-13-20)19-16(21)14-8-6-4-5-7-9-14/h4,6-9,15H,5,10-13H2,1-3H3,(H,19,21). The Hall–Kier alpha value is -2.04. The maximum Gasteiger partial charge on any atom is 0.410 e. The second kappa shape index (κ2) is 7.49. The normalized spacial score (nSPS) is 19.1. The number of amides is 2. The third-order valence-corrected chi connectivity index (χ3v) is 3.73. The number of rotatable bonds is 2. The van der Waals surface area contributed by atoms with E-state index in [2.05, 4.69) is 5.32 Å². The average molecular weight is 318 g/mol. The summed E-state index contributed by atoms with van der Waals surface area (Å²) >= 11 is 0. The molecule has 23 heavy (non-hydrogen) atoms. The van der Waals surface area contributed by atoms with Gasteiger partial charge in [0, 0.05) is 24.7 Å². The van der Waals surface area contributed by atoms with Crippen molar-refractivity contribution in [2.75, 3.05) is 13.1 Å². The first-order chi connectivity index (χ1) is 10.8. The van der Waals surface area contributed by atoms with E-state index in [1.165, 1.54) is 0 Å². The number of likely N-dealkylation sites (tertiary alicyclic amines) is 1. The third-order valence-electron chi connectivity index (χ3n) is 3.73. The van der Waals surface area contributed by atoms with Crippen molar-refractivity contribution >= 4 is 12.0 Å². The number of piperidine rings is 1. The molecule has 0 unspecified atom stereocenters. The molecule has 2 amide bonds. The largest absolute Gasteiger partial charge is 0.444 e. The van der Waals surface area contributed by atoms with Crippen LogP contribution in [0, 0.1) is 0 Å². The van der Waals surface area contributed by atoms with Crippen LogP contribution in [0.4, 0.5) is 4.79 Å². The van der Waals surface area contributed by atoms with Crippen LogP contribution in [-0.2, 0) is 9.53 Å². The van der Waals surface area contributed by atoms with Gasteiger partial charge < -0.3 is 15.0 Å². The lowest BCUT2D eigenvalue weighted by atomic mass is 10.0. The van der Waals surface area contributed by atoms with Crippen molar-refractivity contribution in [1.29, 1.82) is 0 Å². The fourth-order valence-electron chi connectivity index (χ4n) is 2.53. The highest BCUT2D eigenvalue weighted by Gasteiger charge is 2.27. The van der Waals surface area contributed by atoms with Crippen molar-refractivity contribution in [3.05, 3.63) is 36.0 Å². The Morgan fingerprint density at radius 2 is 1.91 bits per heavy atom. The maximum atomic E-state index is 12.3. The number of allylic oxidation sites excluding steroid dienone is 4. The molecule has 0 bridgehead atoms. The van der Waals surface area contributed by atoms with Crippen LogP contribution in [-0.4, -0.2) is 41.6 Å². The number of hydrogen-bond acceptors (Lipinski definition) is 3. The third kappa shape index (κ3) is 5.58. The van der Waals surface area contributed by atoms with E-state index in [1.807, 2.05) is 51.2 Å². The molecule has 2 aliphatic rings. The second-order valence-electron chi connectivity index (χ2n) is 6.90. The molecule has 0 radical (unpaired) electrons. The second-order valence-corrected chi connectivity index (χ2v) is 6.90. The number of carbonyl (C=O) groups excluding carboxylic acids is 2. The van der Waals surface area contributed by atoms with Crippen molar-refractivity contribution in [2.24, 2.45) is 0 Å². The Kier molecular flexibility index (Phi) is 5.64. The van der Waals surface area contributed by atoms with Gasteiger partial charge in [0.25, 0.3) is 5.91 Å². The van der Waals surface area contributed by atoms with Crippen LogP contribution < -0.4 is 5.32 Å². The Morgan fingerprint density at radius 3 is 2.57 bits per heavy atom. The van der Waals surface area contributed by atoms with Gasteiger partial charge in [0.1, 0.15) is 5.60 Å². The summed E-state index contributed by atoms with van der Waals surface area (Å²) in [7, 11) is 0. The van der Waals surface area contributed by atoms with Crippen LogP contribution in [0.1, 0.15) is 40.0 Å². The van der Waals surface area contributed by atoms with Gasteiger partial charge in [0.05, 0.1) is 0 Å². The lowest BCUT2D eigenvalue weighted by Gasteiger charge is -2.33. The number of hydrogen-bond donors (Lipinski definition) is 1. The van der Waals surface area contributed by atoms with Crippen molar-refractivity contribution in [3.63, 3.8) is 0 Å². The monoisotopic (exact) mass is 318 g/mol. The summed E-state index contributed by atoms with van der Waals surface area (Å²) in [6.45, 7) is 6.80. The van der Waals surface area contributed by atoms with Gasteiger partial charge in [-0.25, -0.2) is 4.79 Å². The highest BCUT2D eigenvalue weighted by molar-refractivity contribution is 5.96. The molecule has 0 aromatic rings. The molecule has 1 aliphatic carbocycles. The Labute approximate surface area is 138 Å². The van der Waals surface area contributed by atoms with Crippen molar-refractivity contribution < 1.29 is 14.3 Å². The van der Waals surface area contributed by atoms with E-state index >= 15 is 0 Å². The summed E-state index contributed by atoms with van der Waals surface area (Å²) < 4.78 is 5.38. The van der Waals surface area contributed by atoms with Crippen LogP contribution in [0.25, 0.3) is 0 Å². The average Bonchev–Trinajstić information content (AvgIpc) is 2.75. The molecule has 0 spiro atoms. The zero-order valence-corrected chi connectivity index (χ0v) is 14.2. The van der Waals surface area contributed by atoms with E-state index in [0.29, 0.717) is 18.7 Å². The molecule has 5 heteroatoms. The molecule has 2 rings (SSSR count). The number of nitrogens with zero attached hydrogens (tertiary/aromatic N) is 1. The van der Waals surface area contributed by atoms with E-state index in [0.717, 1.165) is 19.3 Å².